The fourth-order valence-corrected chi connectivity index (χ4v) is 2.18. The van der Waals surface area contributed by atoms with E-state index in [2.05, 4.69) is 15.5 Å². The summed E-state index contributed by atoms with van der Waals surface area (Å²) in [5.74, 6) is -0.145. The fourth-order valence-electron chi connectivity index (χ4n) is 2.18. The lowest BCUT2D eigenvalue weighted by molar-refractivity contribution is -0.137. The summed E-state index contributed by atoms with van der Waals surface area (Å²) in [4.78, 5) is 26.0. The fraction of sp³-hybridized carbons (Fsp3) is 0.571. The molecule has 1 aliphatic rings. The van der Waals surface area contributed by atoms with E-state index >= 15 is 0 Å². The molecular formula is C14H20N4O2. The minimum atomic E-state index is -0.505. The van der Waals surface area contributed by atoms with Crippen LogP contribution in [0.1, 0.15) is 32.9 Å². The smallest absolute Gasteiger partial charge is 0.246 e. The molecule has 1 aromatic heterocycles. The normalized spacial score (nSPS) is 20.6. The van der Waals surface area contributed by atoms with Crippen molar-refractivity contribution in [3.63, 3.8) is 0 Å². The van der Waals surface area contributed by atoms with Gasteiger partial charge in [0, 0.05) is 19.2 Å². The number of carbonyl (C=O) groups is 2. The molecule has 0 spiro atoms. The van der Waals surface area contributed by atoms with Gasteiger partial charge in [0.15, 0.2) is 0 Å². The first-order valence-electron chi connectivity index (χ1n) is 6.72. The van der Waals surface area contributed by atoms with E-state index in [1.54, 1.807) is 17.2 Å². The van der Waals surface area contributed by atoms with Crippen LogP contribution in [0.2, 0.25) is 0 Å². The molecule has 1 saturated heterocycles. The molecule has 1 unspecified atom stereocenters. The Bertz CT molecular complexity index is 496. The first-order chi connectivity index (χ1) is 9.38. The third kappa shape index (κ3) is 3.31. The second kappa shape index (κ2) is 5.56. The van der Waals surface area contributed by atoms with Crippen molar-refractivity contribution < 1.29 is 9.59 Å². The first kappa shape index (κ1) is 14.4. The second-order valence-corrected chi connectivity index (χ2v) is 6.09. The summed E-state index contributed by atoms with van der Waals surface area (Å²) in [6, 6.07) is 3.11. The van der Waals surface area contributed by atoms with Crippen LogP contribution in [0.5, 0.6) is 0 Å². The van der Waals surface area contributed by atoms with Crippen LogP contribution in [-0.2, 0) is 16.1 Å². The molecule has 0 aliphatic carbocycles. The maximum Gasteiger partial charge on any atom is 0.246 e. The van der Waals surface area contributed by atoms with E-state index in [4.69, 9.17) is 0 Å². The molecular weight excluding hydrogens is 256 g/mol. The number of hydrogen-bond donors (Lipinski definition) is 1. The molecule has 6 nitrogen and oxygen atoms in total. The number of amides is 2. The van der Waals surface area contributed by atoms with Gasteiger partial charge < -0.3 is 10.2 Å². The zero-order chi connectivity index (χ0) is 14.8. The van der Waals surface area contributed by atoms with Crippen molar-refractivity contribution in [3.05, 3.63) is 24.0 Å². The summed E-state index contributed by atoms with van der Waals surface area (Å²) < 4.78 is 0. The zero-order valence-electron chi connectivity index (χ0n) is 12.1. The molecule has 1 aromatic rings. The van der Waals surface area contributed by atoms with Gasteiger partial charge in [0.05, 0.1) is 12.2 Å². The molecule has 1 fully saturated rings. The number of aromatic nitrogens is 2. The van der Waals surface area contributed by atoms with Gasteiger partial charge in [-0.05, 0) is 17.5 Å². The molecule has 2 amide bonds. The highest BCUT2D eigenvalue weighted by Gasteiger charge is 2.37. The molecule has 1 atom stereocenters. The van der Waals surface area contributed by atoms with Crippen LogP contribution in [0.4, 0.5) is 0 Å². The van der Waals surface area contributed by atoms with E-state index in [1.165, 1.54) is 0 Å². The van der Waals surface area contributed by atoms with Crippen molar-refractivity contribution in [2.24, 2.45) is 5.41 Å². The molecule has 2 rings (SSSR count). The van der Waals surface area contributed by atoms with Crippen LogP contribution in [-0.4, -0.2) is 39.5 Å². The maximum absolute atomic E-state index is 12.6. The Balaban J connectivity index is 2.20. The zero-order valence-corrected chi connectivity index (χ0v) is 12.1. The van der Waals surface area contributed by atoms with Crippen LogP contribution >= 0.6 is 0 Å². The van der Waals surface area contributed by atoms with E-state index in [-0.39, 0.29) is 17.2 Å². The highest BCUT2D eigenvalue weighted by molar-refractivity contribution is 5.90. The van der Waals surface area contributed by atoms with Gasteiger partial charge in [-0.3, -0.25) is 9.59 Å². The van der Waals surface area contributed by atoms with E-state index in [1.807, 2.05) is 26.8 Å². The van der Waals surface area contributed by atoms with Crippen LogP contribution in [0.25, 0.3) is 0 Å². The van der Waals surface area contributed by atoms with Crippen molar-refractivity contribution in [2.45, 2.75) is 39.8 Å². The Hall–Kier alpha value is -1.98. The number of nitrogens with one attached hydrogen (secondary N) is 1. The Morgan fingerprint density at radius 3 is 2.75 bits per heavy atom. The molecule has 2 heterocycles. The Morgan fingerprint density at radius 2 is 2.15 bits per heavy atom. The number of carbonyl (C=O) groups excluding carboxylic acids is 2. The van der Waals surface area contributed by atoms with Crippen LogP contribution < -0.4 is 5.32 Å². The van der Waals surface area contributed by atoms with Crippen molar-refractivity contribution in [1.29, 1.82) is 0 Å². The van der Waals surface area contributed by atoms with Gasteiger partial charge in [-0.2, -0.15) is 10.2 Å². The molecule has 0 saturated carbocycles. The van der Waals surface area contributed by atoms with Gasteiger partial charge in [-0.25, -0.2) is 0 Å². The molecule has 6 heteroatoms. The van der Waals surface area contributed by atoms with E-state index in [9.17, 15) is 9.59 Å². The molecule has 1 N–H and O–H groups in total. The number of nitrogens with zero attached hydrogens (tertiary/aromatic N) is 3. The third-order valence-corrected chi connectivity index (χ3v) is 3.32. The summed E-state index contributed by atoms with van der Waals surface area (Å²) in [5.41, 5.74) is 0.403. The lowest BCUT2D eigenvalue weighted by Crippen LogP contribution is -2.51. The lowest BCUT2D eigenvalue weighted by Gasteiger charge is -2.32. The average Bonchev–Trinajstić information content (AvgIpc) is 2.52. The molecule has 0 aromatic carbocycles. The van der Waals surface area contributed by atoms with Crippen molar-refractivity contribution in [3.8, 4) is 0 Å². The summed E-state index contributed by atoms with van der Waals surface area (Å²) in [6.07, 6.45) is 1.91. The van der Waals surface area contributed by atoms with E-state index < -0.39 is 6.04 Å². The van der Waals surface area contributed by atoms with E-state index in [0.717, 1.165) is 5.69 Å². The average molecular weight is 276 g/mol. The van der Waals surface area contributed by atoms with Crippen molar-refractivity contribution >= 4 is 11.8 Å². The Labute approximate surface area is 118 Å². The van der Waals surface area contributed by atoms with Crippen molar-refractivity contribution in [1.82, 2.24) is 20.4 Å². The van der Waals surface area contributed by atoms with Crippen LogP contribution in [0.3, 0.4) is 0 Å². The monoisotopic (exact) mass is 276 g/mol. The van der Waals surface area contributed by atoms with Gasteiger partial charge in [0.25, 0.3) is 0 Å². The Kier molecular flexibility index (Phi) is 4.01. The highest BCUT2D eigenvalue weighted by atomic mass is 16.2. The van der Waals surface area contributed by atoms with Gasteiger partial charge in [-0.15, -0.1) is 0 Å². The first-order valence-corrected chi connectivity index (χ1v) is 6.72. The predicted molar refractivity (Wildman–Crippen MR) is 73.5 cm³/mol. The summed E-state index contributed by atoms with van der Waals surface area (Å²) >= 11 is 0. The third-order valence-electron chi connectivity index (χ3n) is 3.32. The van der Waals surface area contributed by atoms with Crippen molar-refractivity contribution in [2.75, 3.05) is 6.54 Å². The predicted octanol–water partition coefficient (Wildman–Crippen LogP) is 0.740. The second-order valence-electron chi connectivity index (χ2n) is 6.09. The maximum atomic E-state index is 12.6. The largest absolute Gasteiger partial charge is 0.344 e. The van der Waals surface area contributed by atoms with Gasteiger partial charge in [0.1, 0.15) is 6.04 Å². The SMILES string of the molecule is CC(C)(C)C1NC(=O)CCN(Cc2cccnn2)C1=O. The Morgan fingerprint density at radius 1 is 1.40 bits per heavy atom. The quantitative estimate of drug-likeness (QED) is 0.864. The van der Waals surface area contributed by atoms with E-state index in [0.29, 0.717) is 19.5 Å². The van der Waals surface area contributed by atoms with Crippen LogP contribution in [0.15, 0.2) is 18.3 Å². The summed E-state index contributed by atoms with van der Waals surface area (Å²) in [6.45, 7) is 6.63. The summed E-state index contributed by atoms with van der Waals surface area (Å²) in [5, 5.41) is 10.6. The number of rotatable bonds is 2. The van der Waals surface area contributed by atoms with Gasteiger partial charge >= 0.3 is 0 Å². The number of hydrogen-bond acceptors (Lipinski definition) is 4. The lowest BCUT2D eigenvalue weighted by atomic mass is 9.86. The van der Waals surface area contributed by atoms with Gasteiger partial charge in [-0.1, -0.05) is 20.8 Å². The molecule has 1 aliphatic heterocycles. The highest BCUT2D eigenvalue weighted by Crippen LogP contribution is 2.23. The molecule has 0 bridgehead atoms. The topological polar surface area (TPSA) is 75.2 Å². The molecule has 108 valence electrons. The van der Waals surface area contributed by atoms with Gasteiger partial charge in [0.2, 0.25) is 11.8 Å². The minimum Gasteiger partial charge on any atom is -0.344 e. The minimum absolute atomic E-state index is 0.0611. The molecule has 0 radical (unpaired) electrons. The summed E-state index contributed by atoms with van der Waals surface area (Å²) in [7, 11) is 0. The van der Waals surface area contributed by atoms with Crippen LogP contribution in [0, 0.1) is 5.41 Å². The molecule has 20 heavy (non-hydrogen) atoms. The standard InChI is InChI=1S/C14H20N4O2/c1-14(2,3)12-13(20)18(8-6-11(19)16-12)9-10-5-4-7-15-17-10/h4-5,7,12H,6,8-9H2,1-3H3,(H,16,19).